The number of hydrogen-bond donors (Lipinski definition) is 2. The number of Topliss-reactive ketones (excluding diaryl/α,β-unsaturated/α-hetero) is 2. The minimum Gasteiger partial charge on any atom is -0.495 e. The Morgan fingerprint density at radius 3 is 2.52 bits per heavy atom. The number of carbonyl (C=O) groups is 3. The summed E-state index contributed by atoms with van der Waals surface area (Å²) in [7, 11) is -2.82. The molecule has 1 unspecified atom stereocenters. The number of benzene rings is 2. The van der Waals surface area contributed by atoms with Gasteiger partial charge in [0.2, 0.25) is 13.3 Å². The van der Waals surface area contributed by atoms with E-state index in [4.69, 9.17) is 31.0 Å². The number of nitrogens with zero attached hydrogens (tertiary/aromatic N) is 3. The lowest BCUT2D eigenvalue weighted by atomic mass is 9.92. The maximum absolute atomic E-state index is 15.2. The number of hydrogen-bond acceptors (Lipinski definition) is 10. The fourth-order valence-corrected chi connectivity index (χ4v) is 13.4. The van der Waals surface area contributed by atoms with Crippen molar-refractivity contribution in [2.75, 3.05) is 19.0 Å². The Morgan fingerprint density at radius 1 is 1.08 bits per heavy atom. The molecule has 18 heteroatoms. The van der Waals surface area contributed by atoms with E-state index in [0.717, 1.165) is 12.8 Å². The molecule has 2 aromatic carbocycles. The molecule has 1 saturated carbocycles. The van der Waals surface area contributed by atoms with Crippen LogP contribution in [0.25, 0.3) is 22.3 Å². The predicted octanol–water partition coefficient (Wildman–Crippen LogP) is 11.1. The van der Waals surface area contributed by atoms with Crippen molar-refractivity contribution < 1.29 is 50.9 Å². The summed E-state index contributed by atoms with van der Waals surface area (Å²) in [6.07, 6.45) is -4.47. The number of fused-ring (bicyclic) bond motifs is 3. The summed E-state index contributed by atoms with van der Waals surface area (Å²) < 4.78 is 82.3. The van der Waals surface area contributed by atoms with Crippen molar-refractivity contribution in [2.24, 2.45) is 11.8 Å². The van der Waals surface area contributed by atoms with Crippen molar-refractivity contribution in [1.82, 2.24) is 14.9 Å². The first-order chi connectivity index (χ1) is 30.3. The number of aromatic nitrogens is 2. The van der Waals surface area contributed by atoms with E-state index in [-0.39, 0.29) is 54.8 Å². The van der Waals surface area contributed by atoms with E-state index in [0.29, 0.717) is 70.2 Å². The van der Waals surface area contributed by atoms with Gasteiger partial charge in [-0.25, -0.2) is 14.4 Å². The minimum absolute atomic E-state index is 0.0567. The van der Waals surface area contributed by atoms with Crippen molar-refractivity contribution in [3.8, 4) is 22.9 Å². The first-order valence-corrected chi connectivity index (χ1v) is 24.9. The molecule has 4 heterocycles. The van der Waals surface area contributed by atoms with E-state index in [1.165, 1.54) is 35.5 Å². The Labute approximate surface area is 379 Å². The molecule has 2 aliphatic heterocycles. The topological polar surface area (TPSA) is 148 Å². The van der Waals surface area contributed by atoms with Crippen LogP contribution in [0, 0.1) is 24.6 Å². The van der Waals surface area contributed by atoms with Crippen LogP contribution < -0.4 is 14.8 Å². The Balaban J connectivity index is 1.26. The van der Waals surface area contributed by atoms with Gasteiger partial charge in [-0.15, -0.1) is 11.3 Å². The van der Waals surface area contributed by atoms with Gasteiger partial charge in [-0.3, -0.25) is 18.9 Å². The summed E-state index contributed by atoms with van der Waals surface area (Å²) in [5.41, 5.74) is 1.91. The highest BCUT2D eigenvalue weighted by molar-refractivity contribution is 7.59. The third-order valence-electron chi connectivity index (χ3n) is 12.9. The smallest absolute Gasteiger partial charge is 0.395 e. The molecule has 0 bridgehead atoms. The number of thiazole rings is 1. The molecule has 11 nitrogen and oxygen atoms in total. The number of alkyl halides is 3. The number of aryl methyl sites for hydroxylation is 1. The number of pyridine rings is 1. The zero-order valence-corrected chi connectivity index (χ0v) is 38.8. The highest BCUT2D eigenvalue weighted by Crippen LogP contribution is 2.75. The number of ketones is 2. The van der Waals surface area contributed by atoms with Crippen molar-refractivity contribution in [3.05, 3.63) is 63.7 Å². The van der Waals surface area contributed by atoms with Crippen molar-refractivity contribution in [2.45, 2.75) is 134 Å². The third-order valence-corrected chi connectivity index (χ3v) is 16.9. The summed E-state index contributed by atoms with van der Waals surface area (Å²) >= 11 is 8.21. The van der Waals surface area contributed by atoms with Crippen LogP contribution in [0.2, 0.25) is 5.02 Å². The standard InChI is InChI=1S/C46H54ClF4N4O7PS/c1-26(2)52-44-54-36(25-64-44)35-19-40(32-15-16-39(61-4)41(47)42(32)53-35)62-31-18-37-38(57)22-45(63(59,60)24-33-27(3)11-10-14-34(33)48)20-29(45)13-9-7-5-6-8-12-28(43(58)55(37)23-31)17-30(56)21-46(49,50)51/h10-11,14-16,19,25-26,28-29,31,37H,5-9,12-13,17-18,20-24H2,1-4H3,(H,52,54)(H,59,60)/t28-,29-,31-,37+,45-/m1/s1. The van der Waals surface area contributed by atoms with E-state index in [1.54, 1.807) is 31.2 Å². The largest absolute Gasteiger partial charge is 0.495 e. The van der Waals surface area contributed by atoms with Gasteiger partial charge < -0.3 is 24.6 Å². The lowest BCUT2D eigenvalue weighted by Gasteiger charge is -2.30. The van der Waals surface area contributed by atoms with Crippen LogP contribution in [0.4, 0.5) is 22.7 Å². The summed E-state index contributed by atoms with van der Waals surface area (Å²) in [4.78, 5) is 65.3. The van der Waals surface area contributed by atoms with Gasteiger partial charge in [0.25, 0.3) is 0 Å². The van der Waals surface area contributed by atoms with E-state index >= 15 is 4.39 Å². The SMILES string of the molecule is COc1ccc2c(O[C@@H]3C[C@H]4C(=O)C[C@]5(P(=O)(O)Cc6c(C)cccc6F)C[C@H]5CCCCCCC[C@H](CC(=O)CC(F)(F)F)C(=O)N4C3)cc(-c3csc(NC(C)C)n3)nc2c1Cl. The highest BCUT2D eigenvalue weighted by Gasteiger charge is 2.66. The number of amides is 1. The van der Waals surface area contributed by atoms with Crippen LogP contribution in [0.15, 0.2) is 41.8 Å². The molecule has 0 spiro atoms. The maximum Gasteiger partial charge on any atom is 0.395 e. The summed E-state index contributed by atoms with van der Waals surface area (Å²) in [5, 5.41) is 5.11. The predicted molar refractivity (Wildman–Crippen MR) is 239 cm³/mol. The fraction of sp³-hybridized carbons (Fsp3) is 0.543. The number of nitrogens with one attached hydrogen (secondary N) is 1. The highest BCUT2D eigenvalue weighted by atomic mass is 35.5. The monoisotopic (exact) mass is 948 g/mol. The lowest BCUT2D eigenvalue weighted by Crippen LogP contribution is -2.45. The van der Waals surface area contributed by atoms with Crippen molar-refractivity contribution in [3.63, 3.8) is 0 Å². The Morgan fingerprint density at radius 2 is 1.81 bits per heavy atom. The van der Waals surface area contributed by atoms with Gasteiger partial charge in [0, 0.05) is 53.6 Å². The molecule has 346 valence electrons. The number of carbonyl (C=O) groups excluding carboxylic acids is 3. The number of rotatable bonds is 12. The summed E-state index contributed by atoms with van der Waals surface area (Å²) in [6.45, 7) is 5.47. The average Bonchev–Trinajstić information content (AvgIpc) is 3.49. The molecule has 7 rings (SSSR count). The van der Waals surface area contributed by atoms with Gasteiger partial charge in [0.15, 0.2) is 10.9 Å². The zero-order valence-electron chi connectivity index (χ0n) is 36.3. The van der Waals surface area contributed by atoms with E-state index in [1.807, 2.05) is 19.2 Å². The van der Waals surface area contributed by atoms with Crippen LogP contribution in [0.3, 0.4) is 0 Å². The molecule has 3 aliphatic rings. The normalized spacial score (nSPS) is 24.4. The molecule has 6 atom stereocenters. The zero-order chi connectivity index (χ0) is 46.1. The molecule has 4 aromatic rings. The summed E-state index contributed by atoms with van der Waals surface area (Å²) in [5.74, 6) is -3.65. The van der Waals surface area contributed by atoms with E-state index in [2.05, 4.69) is 5.32 Å². The maximum atomic E-state index is 15.2. The lowest BCUT2D eigenvalue weighted by molar-refractivity contribution is -0.155. The number of anilines is 1. The van der Waals surface area contributed by atoms with Crippen LogP contribution in [-0.2, 0) is 25.1 Å². The van der Waals surface area contributed by atoms with Crippen molar-refractivity contribution >= 4 is 63.8 Å². The molecule has 1 amide bonds. The van der Waals surface area contributed by atoms with Gasteiger partial charge in [-0.05, 0) is 69.7 Å². The molecule has 2 saturated heterocycles. The molecular formula is C46H54ClF4N4O7PS. The fourth-order valence-electron chi connectivity index (χ4n) is 9.51. The molecular weight excluding hydrogens is 895 g/mol. The summed E-state index contributed by atoms with van der Waals surface area (Å²) in [6, 6.07) is 8.41. The van der Waals surface area contributed by atoms with Gasteiger partial charge in [0.1, 0.15) is 46.3 Å². The van der Waals surface area contributed by atoms with Crippen LogP contribution in [0.1, 0.15) is 102 Å². The van der Waals surface area contributed by atoms with Crippen LogP contribution in [-0.4, -0.2) is 80.4 Å². The molecule has 2 aromatic heterocycles. The van der Waals surface area contributed by atoms with Gasteiger partial charge in [-0.2, -0.15) is 13.2 Å². The second-order valence-electron chi connectivity index (χ2n) is 17.9. The molecule has 0 radical (unpaired) electrons. The number of halogens is 5. The molecule has 3 fully saturated rings. The minimum atomic E-state index is -4.76. The van der Waals surface area contributed by atoms with E-state index < -0.39 is 79.1 Å². The third kappa shape index (κ3) is 10.6. The second kappa shape index (κ2) is 19.4. The van der Waals surface area contributed by atoms with Gasteiger partial charge in [0.05, 0.1) is 42.2 Å². The molecule has 1 aliphatic carbocycles. The Hall–Kier alpha value is -4.11. The van der Waals surface area contributed by atoms with Gasteiger partial charge in [-0.1, -0.05) is 55.8 Å². The first kappa shape index (κ1) is 47.8. The molecule has 64 heavy (non-hydrogen) atoms. The second-order valence-corrected chi connectivity index (χ2v) is 21.8. The molecule has 2 N–H and O–H groups in total. The Kier molecular flexibility index (Phi) is 14.5. The first-order valence-electron chi connectivity index (χ1n) is 21.8. The van der Waals surface area contributed by atoms with E-state index in [9.17, 15) is 37.0 Å². The quantitative estimate of drug-likeness (QED) is 0.104. The number of ether oxygens (including phenoxy) is 2. The van der Waals surface area contributed by atoms with Gasteiger partial charge >= 0.3 is 6.18 Å². The Bertz CT molecular complexity index is 2430. The van der Waals surface area contributed by atoms with Crippen LogP contribution in [0.5, 0.6) is 11.5 Å². The number of methoxy groups -OCH3 is 1. The van der Waals surface area contributed by atoms with Crippen LogP contribution >= 0.6 is 30.3 Å². The average molecular weight is 949 g/mol. The van der Waals surface area contributed by atoms with Crippen molar-refractivity contribution in [1.29, 1.82) is 0 Å².